The Morgan fingerprint density at radius 2 is 0.882 bits per heavy atom. The van der Waals surface area contributed by atoms with Crippen molar-refractivity contribution in [3.63, 3.8) is 0 Å². The molecule has 7 nitrogen and oxygen atoms in total. The van der Waals surface area contributed by atoms with Gasteiger partial charge in [0.2, 0.25) is 0 Å². The molecule has 1 rings (SSSR count). The molecule has 0 bridgehead atoms. The minimum atomic E-state index is -1.37. The van der Waals surface area contributed by atoms with E-state index in [-0.39, 0.29) is 73.6 Å². The van der Waals surface area contributed by atoms with Crippen molar-refractivity contribution in [1.29, 1.82) is 0 Å². The third kappa shape index (κ3) is 4.94. The monoisotopic (exact) mass is 266 g/mol. The van der Waals surface area contributed by atoms with Gasteiger partial charge in [-0.25, -0.2) is 14.4 Å². The second-order valence-corrected chi connectivity index (χ2v) is 2.71. The molecule has 0 atom stereocenters. The number of hydrogen-bond donors (Lipinski definition) is 3. The SMILES string of the molecule is O=C(O)c1cc(C(=O)O)cc(C(=O)O)c1.[K+].[OH-]. The van der Waals surface area contributed by atoms with Gasteiger partial charge < -0.3 is 20.8 Å². The number of carboxylic acids is 3. The van der Waals surface area contributed by atoms with Crippen LogP contribution in [0.3, 0.4) is 0 Å². The standard InChI is InChI=1S/C9H6O6.K.H2O/c10-7(11)4-1-5(8(12)13)3-6(2-4)9(14)15;;/h1-3H,(H,10,11)(H,12,13)(H,14,15);;1H2/q;+1;/p-1. The van der Waals surface area contributed by atoms with Crippen LogP contribution in [-0.2, 0) is 0 Å². The molecule has 17 heavy (non-hydrogen) atoms. The molecule has 0 saturated heterocycles. The molecule has 4 N–H and O–H groups in total. The van der Waals surface area contributed by atoms with Crippen molar-refractivity contribution in [3.05, 3.63) is 34.9 Å². The zero-order chi connectivity index (χ0) is 11.6. The Balaban J connectivity index is 0. The van der Waals surface area contributed by atoms with Crippen molar-refractivity contribution >= 4 is 17.9 Å². The Morgan fingerprint density at radius 3 is 1.00 bits per heavy atom. The van der Waals surface area contributed by atoms with E-state index in [2.05, 4.69) is 0 Å². The quantitative estimate of drug-likeness (QED) is 0.518. The average molecular weight is 266 g/mol. The fourth-order valence-electron chi connectivity index (χ4n) is 0.998. The summed E-state index contributed by atoms with van der Waals surface area (Å²) >= 11 is 0. The third-order valence-electron chi connectivity index (χ3n) is 1.67. The first-order valence-corrected chi connectivity index (χ1v) is 3.77. The van der Waals surface area contributed by atoms with Crippen LogP contribution in [0.2, 0.25) is 0 Å². The Bertz CT molecular complexity index is 376. The average Bonchev–Trinajstić information content (AvgIpc) is 2.16. The van der Waals surface area contributed by atoms with E-state index in [0.717, 1.165) is 18.2 Å². The Morgan fingerprint density at radius 1 is 0.706 bits per heavy atom. The summed E-state index contributed by atoms with van der Waals surface area (Å²) in [6.45, 7) is 0. The van der Waals surface area contributed by atoms with E-state index in [0.29, 0.717) is 0 Å². The van der Waals surface area contributed by atoms with Crippen LogP contribution in [0.25, 0.3) is 0 Å². The maximum absolute atomic E-state index is 10.6. The topological polar surface area (TPSA) is 142 Å². The van der Waals surface area contributed by atoms with Crippen molar-refractivity contribution in [2.45, 2.75) is 0 Å². The van der Waals surface area contributed by atoms with Crippen LogP contribution in [0.15, 0.2) is 18.2 Å². The number of rotatable bonds is 3. The molecule has 0 radical (unpaired) electrons. The van der Waals surface area contributed by atoms with Gasteiger partial charge in [-0.3, -0.25) is 0 Å². The van der Waals surface area contributed by atoms with Crippen LogP contribution in [0.1, 0.15) is 31.1 Å². The number of hydrogen-bond acceptors (Lipinski definition) is 4. The fourth-order valence-corrected chi connectivity index (χ4v) is 0.998. The van der Waals surface area contributed by atoms with E-state index in [1.165, 1.54) is 0 Å². The van der Waals surface area contributed by atoms with Crippen molar-refractivity contribution in [2.75, 3.05) is 0 Å². The van der Waals surface area contributed by atoms with Gasteiger partial charge >= 0.3 is 69.3 Å². The Labute approximate surface area is 138 Å². The number of aromatic carboxylic acids is 3. The van der Waals surface area contributed by atoms with Crippen LogP contribution in [-0.4, -0.2) is 38.7 Å². The molecule has 1 aromatic carbocycles. The van der Waals surface area contributed by atoms with E-state index in [4.69, 9.17) is 15.3 Å². The molecule has 0 spiro atoms. The first-order valence-electron chi connectivity index (χ1n) is 3.77. The van der Waals surface area contributed by atoms with E-state index in [1.807, 2.05) is 0 Å². The third-order valence-corrected chi connectivity index (χ3v) is 1.67. The number of benzene rings is 1. The van der Waals surface area contributed by atoms with Crippen LogP contribution < -0.4 is 51.4 Å². The summed E-state index contributed by atoms with van der Waals surface area (Å²) in [7, 11) is 0. The fraction of sp³-hybridized carbons (Fsp3) is 0. The summed E-state index contributed by atoms with van der Waals surface area (Å²) in [5, 5.41) is 25.8. The molecule has 0 aromatic heterocycles. The molecule has 1 aromatic rings. The number of carbonyl (C=O) groups is 3. The summed E-state index contributed by atoms with van der Waals surface area (Å²) < 4.78 is 0. The van der Waals surface area contributed by atoms with Crippen LogP contribution in [0.4, 0.5) is 0 Å². The predicted molar refractivity (Wildman–Crippen MR) is 49.3 cm³/mol. The first kappa shape index (κ1) is 18.6. The second-order valence-electron chi connectivity index (χ2n) is 2.71. The van der Waals surface area contributed by atoms with Crippen molar-refractivity contribution in [3.8, 4) is 0 Å². The van der Waals surface area contributed by atoms with Gasteiger partial charge in [0, 0.05) is 0 Å². The summed E-state index contributed by atoms with van der Waals surface area (Å²) in [5.41, 5.74) is -1.10. The van der Waals surface area contributed by atoms with Gasteiger partial charge in [-0.1, -0.05) is 0 Å². The number of carboxylic acid groups (broad SMARTS) is 3. The van der Waals surface area contributed by atoms with E-state index < -0.39 is 17.9 Å². The smallest absolute Gasteiger partial charge is 0.870 e. The molecule has 86 valence electrons. The minimum Gasteiger partial charge on any atom is -0.870 e. The van der Waals surface area contributed by atoms with Gasteiger partial charge in [-0.05, 0) is 18.2 Å². The molecule has 0 aliphatic heterocycles. The summed E-state index contributed by atoms with van der Waals surface area (Å²) in [6, 6.07) is 2.70. The van der Waals surface area contributed by atoms with E-state index >= 15 is 0 Å². The van der Waals surface area contributed by atoms with E-state index in [9.17, 15) is 14.4 Å². The van der Waals surface area contributed by atoms with Gasteiger partial charge in [0.1, 0.15) is 0 Å². The zero-order valence-electron chi connectivity index (χ0n) is 8.75. The van der Waals surface area contributed by atoms with Gasteiger partial charge in [0.15, 0.2) is 0 Å². The summed E-state index contributed by atoms with van der Waals surface area (Å²) in [4.78, 5) is 31.7. The zero-order valence-corrected chi connectivity index (χ0v) is 11.9. The van der Waals surface area contributed by atoms with Gasteiger partial charge in [0.05, 0.1) is 16.7 Å². The molecule has 0 unspecified atom stereocenters. The van der Waals surface area contributed by atoms with Crippen LogP contribution in [0.5, 0.6) is 0 Å². The van der Waals surface area contributed by atoms with Crippen LogP contribution >= 0.6 is 0 Å². The minimum absolute atomic E-state index is 0. The maximum atomic E-state index is 10.6. The van der Waals surface area contributed by atoms with Gasteiger partial charge in [-0.15, -0.1) is 0 Å². The molecular weight excluding hydrogens is 259 g/mol. The van der Waals surface area contributed by atoms with Crippen molar-refractivity contribution < 1.29 is 86.6 Å². The second kappa shape index (κ2) is 7.53. The van der Waals surface area contributed by atoms with Crippen molar-refractivity contribution in [1.82, 2.24) is 0 Å². The first-order chi connectivity index (χ1) is 6.91. The van der Waals surface area contributed by atoms with Gasteiger partial charge in [0.25, 0.3) is 0 Å². The Hall–Kier alpha value is -0.774. The van der Waals surface area contributed by atoms with Crippen molar-refractivity contribution in [2.24, 2.45) is 0 Å². The molecule has 0 heterocycles. The summed E-state index contributed by atoms with van der Waals surface area (Å²) in [5.74, 6) is -4.12. The molecule has 0 amide bonds. The van der Waals surface area contributed by atoms with E-state index in [1.54, 1.807) is 0 Å². The Kier molecular flexibility index (Phi) is 8.24. The molecule has 0 fully saturated rings. The van der Waals surface area contributed by atoms with Crippen LogP contribution in [0, 0.1) is 0 Å². The molecule has 0 aliphatic rings. The predicted octanol–water partition coefficient (Wildman–Crippen LogP) is -2.39. The molecular formula is C9H7KO7. The summed E-state index contributed by atoms with van der Waals surface area (Å²) in [6.07, 6.45) is 0. The normalized spacial score (nSPS) is 8.47. The van der Waals surface area contributed by atoms with Gasteiger partial charge in [-0.2, -0.15) is 0 Å². The largest absolute Gasteiger partial charge is 1.00 e. The maximum Gasteiger partial charge on any atom is 1.00 e. The molecule has 0 saturated carbocycles. The molecule has 8 heteroatoms. The molecule has 0 aliphatic carbocycles.